The van der Waals surface area contributed by atoms with Crippen LogP contribution in [0, 0.1) is 0 Å². The van der Waals surface area contributed by atoms with Crippen LogP contribution in [0.4, 0.5) is 0 Å². The first-order chi connectivity index (χ1) is 11.3. The van der Waals surface area contributed by atoms with Crippen LogP contribution in [0.3, 0.4) is 0 Å². The van der Waals surface area contributed by atoms with E-state index in [-0.39, 0.29) is 5.78 Å². The van der Waals surface area contributed by atoms with E-state index in [1.54, 1.807) is 13.2 Å². The molecule has 2 aromatic carbocycles. The van der Waals surface area contributed by atoms with Gasteiger partial charge in [0, 0.05) is 23.6 Å². The molecule has 0 amide bonds. The first kappa shape index (κ1) is 15.2. The first-order valence-electron chi connectivity index (χ1n) is 7.77. The molecule has 0 saturated carbocycles. The molecule has 0 aliphatic heterocycles. The highest BCUT2D eigenvalue weighted by atomic mass is 16.5. The Morgan fingerprint density at radius 2 is 1.96 bits per heavy atom. The number of fused-ring (bicyclic) bond motifs is 1. The number of carbonyl (C=O) groups is 1. The van der Waals surface area contributed by atoms with Crippen LogP contribution in [0.5, 0.6) is 5.75 Å². The number of rotatable bonds is 6. The molecule has 0 saturated heterocycles. The number of Topliss-reactive ketones (excluding diaryl/α,β-unsaturated/α-hetero) is 1. The van der Waals surface area contributed by atoms with E-state index in [1.165, 1.54) is 5.56 Å². The summed E-state index contributed by atoms with van der Waals surface area (Å²) in [7, 11) is 1.61. The predicted octanol–water partition coefficient (Wildman–Crippen LogP) is 4.45. The summed E-state index contributed by atoms with van der Waals surface area (Å²) in [6.07, 6.45) is 4.10. The SMILES string of the molecule is COc1cccc(C(=O)CCCc2cnc3ccccc3c2)c1. The average molecular weight is 305 g/mol. The van der Waals surface area contributed by atoms with Gasteiger partial charge in [-0.3, -0.25) is 9.78 Å². The number of nitrogens with zero attached hydrogens (tertiary/aromatic N) is 1. The minimum atomic E-state index is 0.151. The topological polar surface area (TPSA) is 39.2 Å². The Labute approximate surface area is 135 Å². The van der Waals surface area contributed by atoms with Crippen molar-refractivity contribution in [2.24, 2.45) is 0 Å². The largest absolute Gasteiger partial charge is 0.497 e. The van der Waals surface area contributed by atoms with E-state index in [1.807, 2.05) is 42.6 Å². The number of hydrogen-bond donors (Lipinski definition) is 0. The Morgan fingerprint density at radius 1 is 1.09 bits per heavy atom. The number of carbonyl (C=O) groups excluding carboxylic acids is 1. The molecule has 0 fully saturated rings. The zero-order valence-corrected chi connectivity index (χ0v) is 13.2. The second-order valence-electron chi connectivity index (χ2n) is 5.54. The molecule has 23 heavy (non-hydrogen) atoms. The third kappa shape index (κ3) is 3.75. The molecule has 0 atom stereocenters. The molecule has 3 aromatic rings. The summed E-state index contributed by atoms with van der Waals surface area (Å²) in [5.41, 5.74) is 2.88. The third-order valence-corrected chi connectivity index (χ3v) is 3.91. The van der Waals surface area contributed by atoms with Gasteiger partial charge in [0.25, 0.3) is 0 Å². The van der Waals surface area contributed by atoms with E-state index in [2.05, 4.69) is 17.1 Å². The Bertz CT molecular complexity index is 826. The van der Waals surface area contributed by atoms with Gasteiger partial charge in [0.2, 0.25) is 0 Å². The standard InChI is InChI=1S/C20H19NO2/c1-23-18-9-5-8-17(13-18)20(22)11-4-6-15-12-16-7-2-3-10-19(16)21-14-15/h2-3,5,7-10,12-14H,4,6,11H2,1H3. The summed E-state index contributed by atoms with van der Waals surface area (Å²) >= 11 is 0. The van der Waals surface area contributed by atoms with Crippen LogP contribution in [0.1, 0.15) is 28.8 Å². The van der Waals surface area contributed by atoms with Crippen molar-refractivity contribution in [3.8, 4) is 5.75 Å². The molecule has 1 aromatic heterocycles. The zero-order chi connectivity index (χ0) is 16.1. The summed E-state index contributed by atoms with van der Waals surface area (Å²) in [5.74, 6) is 0.868. The van der Waals surface area contributed by atoms with Crippen molar-refractivity contribution in [2.75, 3.05) is 7.11 Å². The Hall–Kier alpha value is -2.68. The van der Waals surface area contributed by atoms with Gasteiger partial charge in [0.05, 0.1) is 12.6 Å². The second-order valence-corrected chi connectivity index (χ2v) is 5.54. The van der Waals surface area contributed by atoms with Gasteiger partial charge in [0.1, 0.15) is 5.75 Å². The molecule has 0 spiro atoms. The summed E-state index contributed by atoms with van der Waals surface area (Å²) in [6.45, 7) is 0. The van der Waals surface area contributed by atoms with Gasteiger partial charge in [-0.25, -0.2) is 0 Å². The van der Waals surface area contributed by atoms with E-state index >= 15 is 0 Å². The van der Waals surface area contributed by atoms with E-state index in [0.717, 1.165) is 29.5 Å². The molecule has 0 N–H and O–H groups in total. The molecular weight excluding hydrogens is 286 g/mol. The van der Waals surface area contributed by atoms with Gasteiger partial charge >= 0.3 is 0 Å². The molecule has 0 radical (unpaired) electrons. The maximum Gasteiger partial charge on any atom is 0.163 e. The first-order valence-corrected chi connectivity index (χ1v) is 7.77. The fourth-order valence-corrected chi connectivity index (χ4v) is 2.65. The summed E-state index contributed by atoms with van der Waals surface area (Å²) in [4.78, 5) is 16.7. The molecule has 116 valence electrons. The summed E-state index contributed by atoms with van der Waals surface area (Å²) < 4.78 is 5.16. The quantitative estimate of drug-likeness (QED) is 0.632. The number of ketones is 1. The molecule has 3 heteroatoms. The maximum atomic E-state index is 12.2. The third-order valence-electron chi connectivity index (χ3n) is 3.91. The number of aryl methyl sites for hydroxylation is 1. The fraction of sp³-hybridized carbons (Fsp3) is 0.200. The van der Waals surface area contributed by atoms with Gasteiger partial charge in [-0.2, -0.15) is 0 Å². The Balaban J connectivity index is 1.60. The van der Waals surface area contributed by atoms with Gasteiger partial charge < -0.3 is 4.74 Å². The lowest BCUT2D eigenvalue weighted by molar-refractivity contribution is 0.0980. The van der Waals surface area contributed by atoms with Crippen LogP contribution in [0.15, 0.2) is 60.8 Å². The average Bonchev–Trinajstić information content (AvgIpc) is 2.61. The lowest BCUT2D eigenvalue weighted by atomic mass is 10.0. The smallest absolute Gasteiger partial charge is 0.163 e. The maximum absolute atomic E-state index is 12.2. The number of ether oxygens (including phenoxy) is 1. The van der Waals surface area contributed by atoms with Gasteiger partial charge in [0.15, 0.2) is 5.78 Å². The van der Waals surface area contributed by atoms with E-state index in [0.29, 0.717) is 12.0 Å². The van der Waals surface area contributed by atoms with Gasteiger partial charge in [-0.05, 0) is 42.7 Å². The lowest BCUT2D eigenvalue weighted by Gasteiger charge is -2.05. The van der Waals surface area contributed by atoms with Crippen LogP contribution < -0.4 is 4.74 Å². The minimum absolute atomic E-state index is 0.151. The Kier molecular flexibility index (Phi) is 4.67. The van der Waals surface area contributed by atoms with Crippen molar-refractivity contribution in [2.45, 2.75) is 19.3 Å². The number of hydrogen-bond acceptors (Lipinski definition) is 3. The van der Waals surface area contributed by atoms with Crippen LogP contribution in [0.2, 0.25) is 0 Å². The van der Waals surface area contributed by atoms with E-state index in [4.69, 9.17) is 4.74 Å². The van der Waals surface area contributed by atoms with E-state index in [9.17, 15) is 4.79 Å². The Morgan fingerprint density at radius 3 is 2.83 bits per heavy atom. The van der Waals surface area contributed by atoms with Crippen LogP contribution in [-0.2, 0) is 6.42 Å². The summed E-state index contributed by atoms with van der Waals surface area (Å²) in [5, 5.41) is 1.14. The minimum Gasteiger partial charge on any atom is -0.497 e. The van der Waals surface area contributed by atoms with E-state index < -0.39 is 0 Å². The highest BCUT2D eigenvalue weighted by molar-refractivity contribution is 5.96. The molecule has 0 bridgehead atoms. The van der Waals surface area contributed by atoms with Crippen molar-refractivity contribution in [1.82, 2.24) is 4.98 Å². The molecule has 3 rings (SSSR count). The molecule has 0 aliphatic carbocycles. The number of methoxy groups -OCH3 is 1. The second kappa shape index (κ2) is 7.05. The lowest BCUT2D eigenvalue weighted by Crippen LogP contribution is -2.00. The number of benzene rings is 2. The van der Waals surface area contributed by atoms with Crippen molar-refractivity contribution in [1.29, 1.82) is 0 Å². The van der Waals surface area contributed by atoms with Crippen molar-refractivity contribution < 1.29 is 9.53 Å². The van der Waals surface area contributed by atoms with Crippen LogP contribution in [-0.4, -0.2) is 17.9 Å². The molecule has 3 nitrogen and oxygen atoms in total. The normalized spacial score (nSPS) is 10.7. The zero-order valence-electron chi connectivity index (χ0n) is 13.2. The fourth-order valence-electron chi connectivity index (χ4n) is 2.65. The van der Waals surface area contributed by atoms with Crippen LogP contribution in [0.25, 0.3) is 10.9 Å². The van der Waals surface area contributed by atoms with Gasteiger partial charge in [-0.15, -0.1) is 0 Å². The predicted molar refractivity (Wildman–Crippen MR) is 92.0 cm³/mol. The monoisotopic (exact) mass is 305 g/mol. The van der Waals surface area contributed by atoms with Crippen molar-refractivity contribution >= 4 is 16.7 Å². The van der Waals surface area contributed by atoms with Crippen molar-refractivity contribution in [3.63, 3.8) is 0 Å². The number of pyridine rings is 1. The molecular formula is C20H19NO2. The molecule has 0 unspecified atom stereocenters. The number of aromatic nitrogens is 1. The molecule has 0 aliphatic rings. The number of para-hydroxylation sites is 1. The summed E-state index contributed by atoms with van der Waals surface area (Å²) in [6, 6.07) is 17.5. The van der Waals surface area contributed by atoms with Crippen LogP contribution >= 0.6 is 0 Å². The van der Waals surface area contributed by atoms with Gasteiger partial charge in [-0.1, -0.05) is 30.3 Å². The highest BCUT2D eigenvalue weighted by Gasteiger charge is 2.07. The van der Waals surface area contributed by atoms with Crippen molar-refractivity contribution in [3.05, 3.63) is 71.9 Å². The molecule has 1 heterocycles. The highest BCUT2D eigenvalue weighted by Crippen LogP contribution is 2.17.